The lowest BCUT2D eigenvalue weighted by Crippen LogP contribution is -2.33. The Kier molecular flexibility index (Phi) is 6.53. The number of carbonyl (C=O) groups excluding carboxylic acids is 2. The van der Waals surface area contributed by atoms with Gasteiger partial charge in [0.2, 0.25) is 0 Å². The van der Waals surface area contributed by atoms with Crippen LogP contribution in [0.15, 0.2) is 40.2 Å². The smallest absolute Gasteiger partial charge is 0.251 e. The molecule has 1 atom stereocenters. The molecule has 1 aromatic heterocycles. The summed E-state index contributed by atoms with van der Waals surface area (Å²) >= 11 is 5.02. The van der Waals surface area contributed by atoms with E-state index < -0.39 is 20.9 Å². The number of sulfone groups is 1. The van der Waals surface area contributed by atoms with Crippen LogP contribution in [-0.4, -0.2) is 38.2 Å². The number of carbonyl (C=O) groups is 2. The van der Waals surface area contributed by atoms with E-state index in [9.17, 15) is 18.0 Å². The summed E-state index contributed by atoms with van der Waals surface area (Å²) in [7, 11) is -3.46. The third-order valence-electron chi connectivity index (χ3n) is 3.67. The van der Waals surface area contributed by atoms with Crippen molar-refractivity contribution in [3.05, 3.63) is 45.7 Å². The van der Waals surface area contributed by atoms with Crippen LogP contribution < -0.4 is 5.32 Å². The van der Waals surface area contributed by atoms with Gasteiger partial charge in [0, 0.05) is 23.2 Å². The van der Waals surface area contributed by atoms with Gasteiger partial charge in [-0.15, -0.1) is 11.3 Å². The van der Waals surface area contributed by atoms with Crippen LogP contribution in [0.1, 0.15) is 23.7 Å². The molecule has 0 aliphatic rings. The fourth-order valence-electron chi connectivity index (χ4n) is 2.39. The molecule has 25 heavy (non-hydrogen) atoms. The van der Waals surface area contributed by atoms with Crippen LogP contribution >= 0.6 is 27.3 Å². The van der Waals surface area contributed by atoms with Crippen molar-refractivity contribution in [3.8, 4) is 10.4 Å². The highest BCUT2D eigenvalue weighted by molar-refractivity contribution is 9.11. The topological polar surface area (TPSA) is 80.3 Å². The van der Waals surface area contributed by atoms with Gasteiger partial charge < -0.3 is 5.32 Å². The third kappa shape index (κ3) is 5.49. The second-order valence-electron chi connectivity index (χ2n) is 5.65. The van der Waals surface area contributed by atoms with Crippen LogP contribution in [0.5, 0.6) is 0 Å². The molecule has 0 saturated carbocycles. The second-order valence-corrected chi connectivity index (χ2v) is 10.3. The standard InChI is InChI=1S/C17H18BrNO4S2/c1-11(20)15(25(2,22)23)9-10-19-17(21)13-5-3-12(4-6-13)14-7-8-16(18)24-14/h3-8,15H,9-10H2,1-2H3,(H,19,21). The molecule has 0 aliphatic carbocycles. The highest BCUT2D eigenvalue weighted by Gasteiger charge is 2.25. The highest BCUT2D eigenvalue weighted by Crippen LogP contribution is 2.31. The Morgan fingerprint density at radius 1 is 1.16 bits per heavy atom. The Labute approximate surface area is 159 Å². The summed E-state index contributed by atoms with van der Waals surface area (Å²) in [5.74, 6) is -0.710. The number of ketones is 1. The molecule has 2 aromatic rings. The number of hydrogen-bond donors (Lipinski definition) is 1. The average Bonchev–Trinajstić information content (AvgIpc) is 2.96. The number of amides is 1. The molecule has 0 saturated heterocycles. The average molecular weight is 444 g/mol. The van der Waals surface area contributed by atoms with Gasteiger partial charge in [-0.3, -0.25) is 9.59 Å². The quantitative estimate of drug-likeness (QED) is 0.711. The van der Waals surface area contributed by atoms with Gasteiger partial charge in [-0.2, -0.15) is 0 Å². The predicted octanol–water partition coefficient (Wildman–Crippen LogP) is 3.30. The summed E-state index contributed by atoms with van der Waals surface area (Å²) in [6.45, 7) is 1.37. The van der Waals surface area contributed by atoms with E-state index >= 15 is 0 Å². The molecule has 2 rings (SSSR count). The minimum absolute atomic E-state index is 0.0706. The molecular weight excluding hydrogens is 426 g/mol. The van der Waals surface area contributed by atoms with Crippen LogP contribution in [0.2, 0.25) is 0 Å². The minimum Gasteiger partial charge on any atom is -0.352 e. The number of hydrogen-bond acceptors (Lipinski definition) is 5. The SMILES string of the molecule is CC(=O)C(CCNC(=O)c1ccc(-c2ccc(Br)s2)cc1)S(C)(=O)=O. The maximum absolute atomic E-state index is 12.1. The fourth-order valence-corrected chi connectivity index (χ4v) is 4.93. The molecule has 1 N–H and O–H groups in total. The first-order valence-electron chi connectivity index (χ1n) is 7.52. The molecule has 0 bridgehead atoms. The maximum Gasteiger partial charge on any atom is 0.251 e. The van der Waals surface area contributed by atoms with Crippen molar-refractivity contribution in [2.75, 3.05) is 12.8 Å². The molecule has 1 unspecified atom stereocenters. The Balaban J connectivity index is 1.96. The number of halogens is 1. The lowest BCUT2D eigenvalue weighted by Gasteiger charge is -2.12. The van der Waals surface area contributed by atoms with Crippen molar-refractivity contribution in [2.45, 2.75) is 18.6 Å². The normalized spacial score (nSPS) is 12.6. The van der Waals surface area contributed by atoms with Crippen LogP contribution in [-0.2, 0) is 14.6 Å². The van der Waals surface area contributed by atoms with Crippen molar-refractivity contribution in [3.63, 3.8) is 0 Å². The van der Waals surface area contributed by atoms with Gasteiger partial charge in [-0.25, -0.2) is 8.42 Å². The van der Waals surface area contributed by atoms with E-state index in [-0.39, 0.29) is 18.9 Å². The Bertz CT molecular complexity index is 872. The van der Waals surface area contributed by atoms with E-state index in [4.69, 9.17) is 0 Å². The minimum atomic E-state index is -3.46. The second kappa shape index (κ2) is 8.25. The summed E-state index contributed by atoms with van der Waals surface area (Å²) < 4.78 is 24.2. The van der Waals surface area contributed by atoms with E-state index in [0.29, 0.717) is 5.56 Å². The van der Waals surface area contributed by atoms with Crippen LogP contribution in [0.25, 0.3) is 10.4 Å². The Morgan fingerprint density at radius 2 is 1.80 bits per heavy atom. The number of nitrogens with one attached hydrogen (secondary N) is 1. The number of thiophene rings is 1. The van der Waals surface area contributed by atoms with Gasteiger partial charge in [0.1, 0.15) is 11.0 Å². The predicted molar refractivity (Wildman–Crippen MR) is 104 cm³/mol. The number of benzene rings is 1. The van der Waals surface area contributed by atoms with Gasteiger partial charge in [0.05, 0.1) is 3.79 Å². The van der Waals surface area contributed by atoms with E-state index in [0.717, 1.165) is 20.5 Å². The fraction of sp³-hybridized carbons (Fsp3) is 0.294. The lowest BCUT2D eigenvalue weighted by molar-refractivity contribution is -0.116. The van der Waals surface area contributed by atoms with E-state index in [2.05, 4.69) is 21.2 Å². The van der Waals surface area contributed by atoms with E-state index in [1.165, 1.54) is 6.92 Å². The van der Waals surface area contributed by atoms with Gasteiger partial charge in [-0.05, 0) is 59.1 Å². The van der Waals surface area contributed by atoms with E-state index in [1.54, 1.807) is 23.5 Å². The number of Topliss-reactive ketones (excluding diaryl/α,β-unsaturated/α-hetero) is 1. The van der Waals surface area contributed by atoms with Crippen LogP contribution in [0.4, 0.5) is 0 Å². The number of rotatable bonds is 7. The zero-order valence-corrected chi connectivity index (χ0v) is 17.0. The van der Waals surface area contributed by atoms with Crippen molar-refractivity contribution in [2.24, 2.45) is 0 Å². The first-order valence-corrected chi connectivity index (χ1v) is 11.1. The lowest BCUT2D eigenvalue weighted by atomic mass is 10.1. The first kappa shape index (κ1) is 19.8. The van der Waals surface area contributed by atoms with Gasteiger partial charge in [0.25, 0.3) is 5.91 Å². The highest BCUT2D eigenvalue weighted by atomic mass is 79.9. The van der Waals surface area contributed by atoms with Crippen LogP contribution in [0, 0.1) is 0 Å². The molecule has 1 amide bonds. The Morgan fingerprint density at radius 3 is 2.28 bits per heavy atom. The van der Waals surface area contributed by atoms with Gasteiger partial charge in [-0.1, -0.05) is 12.1 Å². The molecule has 0 radical (unpaired) electrons. The molecule has 8 heteroatoms. The maximum atomic E-state index is 12.1. The van der Waals surface area contributed by atoms with Crippen molar-refractivity contribution in [1.29, 1.82) is 0 Å². The summed E-state index contributed by atoms with van der Waals surface area (Å²) in [6, 6.07) is 11.1. The summed E-state index contributed by atoms with van der Waals surface area (Å²) in [6.07, 6.45) is 1.10. The molecule has 0 fully saturated rings. The zero-order valence-electron chi connectivity index (χ0n) is 13.8. The van der Waals surface area contributed by atoms with Gasteiger partial charge >= 0.3 is 0 Å². The van der Waals surface area contributed by atoms with Crippen molar-refractivity contribution < 1.29 is 18.0 Å². The van der Waals surface area contributed by atoms with Crippen molar-refractivity contribution >= 4 is 48.8 Å². The zero-order chi connectivity index (χ0) is 18.6. The molecule has 5 nitrogen and oxygen atoms in total. The van der Waals surface area contributed by atoms with Crippen LogP contribution in [0.3, 0.4) is 0 Å². The first-order chi connectivity index (χ1) is 11.7. The molecule has 1 heterocycles. The molecule has 134 valence electrons. The summed E-state index contributed by atoms with van der Waals surface area (Å²) in [4.78, 5) is 24.7. The summed E-state index contributed by atoms with van der Waals surface area (Å²) in [5.41, 5.74) is 1.50. The Hall–Kier alpha value is -1.51. The largest absolute Gasteiger partial charge is 0.352 e. The third-order valence-corrected chi connectivity index (χ3v) is 6.94. The van der Waals surface area contributed by atoms with E-state index in [1.807, 2.05) is 24.3 Å². The molecular formula is C17H18BrNO4S2. The monoisotopic (exact) mass is 443 g/mol. The molecule has 0 aliphatic heterocycles. The van der Waals surface area contributed by atoms with Gasteiger partial charge in [0.15, 0.2) is 9.84 Å². The summed E-state index contributed by atoms with van der Waals surface area (Å²) in [5, 5.41) is 1.58. The van der Waals surface area contributed by atoms with Crippen molar-refractivity contribution in [1.82, 2.24) is 5.32 Å². The molecule has 0 spiro atoms. The molecule has 1 aromatic carbocycles.